The van der Waals surface area contributed by atoms with Crippen molar-refractivity contribution in [2.75, 3.05) is 0 Å². The fourth-order valence-corrected chi connectivity index (χ4v) is 3.08. The van der Waals surface area contributed by atoms with Crippen LogP contribution in [0.4, 0.5) is 8.78 Å². The van der Waals surface area contributed by atoms with E-state index in [2.05, 4.69) is 10.6 Å². The van der Waals surface area contributed by atoms with Crippen molar-refractivity contribution in [3.63, 3.8) is 0 Å². The predicted octanol–water partition coefficient (Wildman–Crippen LogP) is 2.84. The van der Waals surface area contributed by atoms with Gasteiger partial charge in [0.1, 0.15) is 6.04 Å². The third-order valence-corrected chi connectivity index (χ3v) is 4.31. The van der Waals surface area contributed by atoms with Crippen LogP contribution in [0.5, 0.6) is 0 Å². The van der Waals surface area contributed by atoms with Gasteiger partial charge in [-0.1, -0.05) is 18.9 Å². The van der Waals surface area contributed by atoms with Crippen LogP contribution < -0.4 is 10.6 Å². The van der Waals surface area contributed by atoms with Crippen LogP contribution in [0.25, 0.3) is 0 Å². The predicted molar refractivity (Wildman–Crippen MR) is 82.5 cm³/mol. The number of carbonyl (C=O) groups excluding carboxylic acids is 2. The second kappa shape index (κ2) is 7.53. The van der Waals surface area contributed by atoms with Crippen LogP contribution in [-0.4, -0.2) is 17.9 Å². The maximum atomic E-state index is 13.3. The first-order valence-corrected chi connectivity index (χ1v) is 7.91. The molecular weight excluding hydrogens is 302 g/mol. The molecule has 2 amide bonds. The Morgan fingerprint density at radius 1 is 1.13 bits per heavy atom. The molecule has 0 aliphatic heterocycles. The first kappa shape index (κ1) is 17.4. The number of carbonyl (C=O) groups is 2. The Labute approximate surface area is 134 Å². The second-order valence-electron chi connectivity index (χ2n) is 6.13. The summed E-state index contributed by atoms with van der Waals surface area (Å²) in [5, 5.41) is 5.50. The van der Waals surface area contributed by atoms with Crippen molar-refractivity contribution in [3.05, 3.63) is 35.4 Å². The summed E-state index contributed by atoms with van der Waals surface area (Å²) in [6.45, 7) is 3.08. The van der Waals surface area contributed by atoms with E-state index in [1.807, 2.05) is 0 Å². The summed E-state index contributed by atoms with van der Waals surface area (Å²) in [6, 6.07) is 2.49. The van der Waals surface area contributed by atoms with Gasteiger partial charge in [-0.15, -0.1) is 0 Å². The van der Waals surface area contributed by atoms with E-state index < -0.39 is 23.7 Å². The Balaban J connectivity index is 2.07. The summed E-state index contributed by atoms with van der Waals surface area (Å²) < 4.78 is 26.3. The summed E-state index contributed by atoms with van der Waals surface area (Å²) in [6.07, 6.45) is 3.90. The molecular formula is C17H22F2N2O2. The molecule has 0 aromatic heterocycles. The topological polar surface area (TPSA) is 58.2 Å². The van der Waals surface area contributed by atoms with E-state index in [0.717, 1.165) is 37.8 Å². The molecule has 0 radical (unpaired) electrons. The monoisotopic (exact) mass is 324 g/mol. The summed E-state index contributed by atoms with van der Waals surface area (Å²) in [5.41, 5.74) is 0.477. The van der Waals surface area contributed by atoms with E-state index >= 15 is 0 Å². The Kier molecular flexibility index (Phi) is 5.69. The van der Waals surface area contributed by atoms with Gasteiger partial charge in [0.2, 0.25) is 11.8 Å². The molecule has 1 aliphatic carbocycles. The van der Waals surface area contributed by atoms with Gasteiger partial charge in [0.25, 0.3) is 0 Å². The normalized spacial score (nSPS) is 17.6. The SMILES string of the molecule is CC(=O)NC(C(=O)NC(C)c1ccc(F)c(F)c1)C1CCCC1. The summed E-state index contributed by atoms with van der Waals surface area (Å²) in [4.78, 5) is 23.9. The van der Waals surface area contributed by atoms with E-state index in [4.69, 9.17) is 0 Å². The smallest absolute Gasteiger partial charge is 0.243 e. The molecule has 0 spiro atoms. The van der Waals surface area contributed by atoms with E-state index in [0.29, 0.717) is 5.56 Å². The Morgan fingerprint density at radius 3 is 2.35 bits per heavy atom. The number of halogens is 2. The molecule has 0 heterocycles. The third kappa shape index (κ3) is 4.50. The van der Waals surface area contributed by atoms with Gasteiger partial charge in [-0.25, -0.2) is 8.78 Å². The molecule has 2 atom stereocenters. The maximum Gasteiger partial charge on any atom is 0.243 e. The number of rotatable bonds is 5. The highest BCUT2D eigenvalue weighted by molar-refractivity contribution is 5.87. The fraction of sp³-hybridized carbons (Fsp3) is 0.529. The van der Waals surface area contributed by atoms with Crippen LogP contribution in [-0.2, 0) is 9.59 Å². The van der Waals surface area contributed by atoms with E-state index in [9.17, 15) is 18.4 Å². The average molecular weight is 324 g/mol. The van der Waals surface area contributed by atoms with E-state index in [-0.39, 0.29) is 17.7 Å². The van der Waals surface area contributed by atoms with Crippen molar-refractivity contribution < 1.29 is 18.4 Å². The molecule has 6 heteroatoms. The van der Waals surface area contributed by atoms with Crippen molar-refractivity contribution >= 4 is 11.8 Å². The first-order chi connectivity index (χ1) is 10.9. The zero-order valence-electron chi connectivity index (χ0n) is 13.4. The molecule has 23 heavy (non-hydrogen) atoms. The second-order valence-corrected chi connectivity index (χ2v) is 6.13. The zero-order valence-corrected chi connectivity index (χ0v) is 13.4. The van der Waals surface area contributed by atoms with Crippen molar-refractivity contribution in [2.45, 2.75) is 51.6 Å². The largest absolute Gasteiger partial charge is 0.348 e. The molecule has 2 N–H and O–H groups in total. The highest BCUT2D eigenvalue weighted by atomic mass is 19.2. The maximum absolute atomic E-state index is 13.3. The molecule has 2 rings (SSSR count). The quantitative estimate of drug-likeness (QED) is 0.875. The first-order valence-electron chi connectivity index (χ1n) is 7.91. The van der Waals surface area contributed by atoms with E-state index in [1.165, 1.54) is 13.0 Å². The lowest BCUT2D eigenvalue weighted by atomic mass is 9.96. The Morgan fingerprint density at radius 2 is 1.78 bits per heavy atom. The minimum Gasteiger partial charge on any atom is -0.348 e. The Bertz CT molecular complexity index is 586. The van der Waals surface area contributed by atoms with Crippen LogP contribution >= 0.6 is 0 Å². The number of amides is 2. The molecule has 1 saturated carbocycles. The van der Waals surface area contributed by atoms with Crippen LogP contribution in [0, 0.1) is 17.6 Å². The lowest BCUT2D eigenvalue weighted by Crippen LogP contribution is -2.50. The number of hydrogen-bond donors (Lipinski definition) is 2. The minimum absolute atomic E-state index is 0.121. The van der Waals surface area contributed by atoms with Gasteiger partial charge in [-0.3, -0.25) is 9.59 Å². The number of hydrogen-bond acceptors (Lipinski definition) is 2. The molecule has 1 aromatic rings. The molecule has 1 aromatic carbocycles. The third-order valence-electron chi connectivity index (χ3n) is 4.31. The zero-order chi connectivity index (χ0) is 17.0. The van der Waals surface area contributed by atoms with Gasteiger partial charge in [0.05, 0.1) is 6.04 Å². The van der Waals surface area contributed by atoms with Gasteiger partial charge >= 0.3 is 0 Å². The lowest BCUT2D eigenvalue weighted by Gasteiger charge is -2.25. The minimum atomic E-state index is -0.946. The highest BCUT2D eigenvalue weighted by Gasteiger charge is 2.32. The van der Waals surface area contributed by atoms with Crippen molar-refractivity contribution in [3.8, 4) is 0 Å². The Hall–Kier alpha value is -1.98. The number of nitrogens with one attached hydrogen (secondary N) is 2. The van der Waals surface area contributed by atoms with E-state index in [1.54, 1.807) is 6.92 Å². The molecule has 1 aliphatic rings. The van der Waals surface area contributed by atoms with Crippen molar-refractivity contribution in [1.29, 1.82) is 0 Å². The lowest BCUT2D eigenvalue weighted by molar-refractivity contribution is -0.129. The van der Waals surface area contributed by atoms with Gasteiger partial charge in [-0.05, 0) is 43.4 Å². The van der Waals surface area contributed by atoms with Crippen LogP contribution in [0.3, 0.4) is 0 Å². The van der Waals surface area contributed by atoms with Crippen molar-refractivity contribution in [1.82, 2.24) is 10.6 Å². The van der Waals surface area contributed by atoms with Gasteiger partial charge < -0.3 is 10.6 Å². The van der Waals surface area contributed by atoms with Gasteiger partial charge in [-0.2, -0.15) is 0 Å². The molecule has 2 unspecified atom stereocenters. The fourth-order valence-electron chi connectivity index (χ4n) is 3.08. The molecule has 4 nitrogen and oxygen atoms in total. The average Bonchev–Trinajstić information content (AvgIpc) is 3.01. The van der Waals surface area contributed by atoms with Crippen LogP contribution in [0.2, 0.25) is 0 Å². The molecule has 0 saturated heterocycles. The summed E-state index contributed by atoms with van der Waals surface area (Å²) in [5.74, 6) is -2.29. The summed E-state index contributed by atoms with van der Waals surface area (Å²) >= 11 is 0. The van der Waals surface area contributed by atoms with Crippen LogP contribution in [0.1, 0.15) is 51.1 Å². The van der Waals surface area contributed by atoms with Gasteiger partial charge in [0, 0.05) is 6.92 Å². The van der Waals surface area contributed by atoms with Crippen molar-refractivity contribution in [2.24, 2.45) is 5.92 Å². The molecule has 126 valence electrons. The number of benzene rings is 1. The molecule has 1 fully saturated rings. The standard InChI is InChI=1S/C17H22F2N2O2/c1-10(13-7-8-14(18)15(19)9-13)20-17(23)16(21-11(2)22)12-5-3-4-6-12/h7-10,12,16H,3-6H2,1-2H3,(H,20,23)(H,21,22). The summed E-state index contributed by atoms with van der Waals surface area (Å²) in [7, 11) is 0. The highest BCUT2D eigenvalue weighted by Crippen LogP contribution is 2.28. The van der Waals surface area contributed by atoms with Gasteiger partial charge in [0.15, 0.2) is 11.6 Å². The molecule has 0 bridgehead atoms. The van der Waals surface area contributed by atoms with Crippen LogP contribution in [0.15, 0.2) is 18.2 Å².